The lowest BCUT2D eigenvalue weighted by Crippen LogP contribution is -2.29. The fraction of sp³-hybridized carbons (Fsp3) is 0.727. The molecule has 3 N–H and O–H groups in total. The second kappa shape index (κ2) is 6.88. The summed E-state index contributed by atoms with van der Waals surface area (Å²) in [7, 11) is -2.06. The highest BCUT2D eigenvalue weighted by Crippen LogP contribution is 2.14. The summed E-state index contributed by atoms with van der Waals surface area (Å²) in [5.41, 5.74) is 5.53. The highest BCUT2D eigenvalue weighted by molar-refractivity contribution is 7.89. The van der Waals surface area contributed by atoms with Crippen molar-refractivity contribution in [2.45, 2.75) is 25.3 Å². The number of aryl methyl sites for hydroxylation is 1. The van der Waals surface area contributed by atoms with E-state index in [1.165, 1.54) is 10.9 Å². The van der Waals surface area contributed by atoms with E-state index in [0.29, 0.717) is 19.1 Å². The molecule has 0 saturated heterocycles. The van der Waals surface area contributed by atoms with Crippen LogP contribution in [0.25, 0.3) is 0 Å². The molecule has 0 spiro atoms. The van der Waals surface area contributed by atoms with Crippen molar-refractivity contribution in [3.63, 3.8) is 0 Å². The first-order valence-electron chi connectivity index (χ1n) is 6.18. The molecule has 0 radical (unpaired) electrons. The molecule has 1 heterocycles. The van der Waals surface area contributed by atoms with Crippen LogP contribution in [0.3, 0.4) is 0 Å². The van der Waals surface area contributed by atoms with Gasteiger partial charge in [-0.15, -0.1) is 0 Å². The molecular weight excluding hydrogens is 268 g/mol. The number of ether oxygens (including phenoxy) is 1. The van der Waals surface area contributed by atoms with E-state index < -0.39 is 10.0 Å². The van der Waals surface area contributed by atoms with Gasteiger partial charge in [-0.25, -0.2) is 18.1 Å². The molecule has 0 aliphatic heterocycles. The molecule has 0 aromatic carbocycles. The van der Waals surface area contributed by atoms with Crippen LogP contribution in [-0.2, 0) is 21.8 Å². The Morgan fingerprint density at radius 1 is 1.47 bits per heavy atom. The van der Waals surface area contributed by atoms with Gasteiger partial charge in [0, 0.05) is 20.2 Å². The number of rotatable bonds is 8. The van der Waals surface area contributed by atoms with E-state index >= 15 is 0 Å². The Bertz CT molecular complexity index is 477. The van der Waals surface area contributed by atoms with Crippen LogP contribution in [0.1, 0.15) is 20.3 Å². The van der Waals surface area contributed by atoms with Crippen molar-refractivity contribution in [3.8, 4) is 0 Å². The number of hydrogen-bond donors (Lipinski definition) is 2. The Hall–Kier alpha value is -1.12. The van der Waals surface area contributed by atoms with E-state index in [-0.39, 0.29) is 17.4 Å². The van der Waals surface area contributed by atoms with Gasteiger partial charge in [-0.3, -0.25) is 0 Å². The fourth-order valence-corrected chi connectivity index (χ4v) is 2.75. The number of nitrogens with zero attached hydrogens (tertiary/aromatic N) is 2. The van der Waals surface area contributed by atoms with Gasteiger partial charge in [-0.05, 0) is 12.3 Å². The van der Waals surface area contributed by atoms with Crippen molar-refractivity contribution < 1.29 is 13.2 Å². The van der Waals surface area contributed by atoms with Crippen LogP contribution in [0, 0.1) is 5.92 Å². The lowest BCUT2D eigenvalue weighted by Gasteiger charge is -2.09. The summed E-state index contributed by atoms with van der Waals surface area (Å²) in [6.07, 6.45) is 2.32. The molecule has 110 valence electrons. The fourth-order valence-electron chi connectivity index (χ4n) is 1.50. The molecule has 0 unspecified atom stereocenters. The molecule has 0 amide bonds. The average molecular weight is 290 g/mol. The van der Waals surface area contributed by atoms with Crippen LogP contribution < -0.4 is 10.5 Å². The van der Waals surface area contributed by atoms with E-state index in [1.807, 2.05) is 0 Å². The lowest BCUT2D eigenvalue weighted by molar-refractivity contribution is 0.128. The number of anilines is 1. The molecule has 0 atom stereocenters. The SMILES string of the molecule is CC(C)CCOCCNS(=O)(=O)c1c(N)ncn1C. The zero-order chi connectivity index (χ0) is 14.5. The van der Waals surface area contributed by atoms with Crippen molar-refractivity contribution in [2.75, 3.05) is 25.5 Å². The first-order chi connectivity index (χ1) is 8.84. The van der Waals surface area contributed by atoms with E-state index in [9.17, 15) is 8.42 Å². The van der Waals surface area contributed by atoms with Gasteiger partial charge in [0.25, 0.3) is 10.0 Å². The van der Waals surface area contributed by atoms with Gasteiger partial charge < -0.3 is 15.0 Å². The second-order valence-corrected chi connectivity index (χ2v) is 6.42. The van der Waals surface area contributed by atoms with Crippen molar-refractivity contribution in [3.05, 3.63) is 6.33 Å². The van der Waals surface area contributed by atoms with E-state index in [4.69, 9.17) is 10.5 Å². The van der Waals surface area contributed by atoms with Gasteiger partial charge in [-0.2, -0.15) is 0 Å². The molecule has 7 nitrogen and oxygen atoms in total. The quantitative estimate of drug-likeness (QED) is 0.673. The Morgan fingerprint density at radius 2 is 2.16 bits per heavy atom. The molecule has 1 rings (SSSR count). The minimum absolute atomic E-state index is 0.00396. The highest BCUT2D eigenvalue weighted by Gasteiger charge is 2.21. The summed E-state index contributed by atoms with van der Waals surface area (Å²) in [5.74, 6) is 0.571. The molecule has 19 heavy (non-hydrogen) atoms. The van der Waals surface area contributed by atoms with Gasteiger partial charge >= 0.3 is 0 Å². The van der Waals surface area contributed by atoms with Gasteiger partial charge in [0.2, 0.25) is 0 Å². The maximum atomic E-state index is 12.0. The summed E-state index contributed by atoms with van der Waals surface area (Å²) >= 11 is 0. The normalized spacial score (nSPS) is 12.2. The predicted molar refractivity (Wildman–Crippen MR) is 73.1 cm³/mol. The largest absolute Gasteiger partial charge is 0.381 e. The Kier molecular flexibility index (Phi) is 5.77. The van der Waals surface area contributed by atoms with Crippen LogP contribution in [0.4, 0.5) is 5.82 Å². The average Bonchev–Trinajstić information content (AvgIpc) is 2.63. The summed E-state index contributed by atoms with van der Waals surface area (Å²) in [5, 5.41) is -0.0188. The van der Waals surface area contributed by atoms with Crippen molar-refractivity contribution in [2.24, 2.45) is 13.0 Å². The third-order valence-electron chi connectivity index (χ3n) is 2.54. The molecule has 1 aromatic rings. The Labute approximate surface area is 114 Å². The van der Waals surface area contributed by atoms with E-state index in [2.05, 4.69) is 23.6 Å². The second-order valence-electron chi connectivity index (χ2n) is 4.74. The first-order valence-corrected chi connectivity index (χ1v) is 7.67. The highest BCUT2D eigenvalue weighted by atomic mass is 32.2. The standard InChI is InChI=1S/C11H22N4O3S/c1-9(2)4-6-18-7-5-14-19(16,17)11-10(12)13-8-15(11)3/h8-9,14H,4-7,12H2,1-3H3. The molecule has 0 fully saturated rings. The first kappa shape index (κ1) is 15.9. The molecule has 0 aliphatic rings. The Morgan fingerprint density at radius 3 is 2.68 bits per heavy atom. The Balaban J connectivity index is 2.40. The van der Waals surface area contributed by atoms with E-state index in [1.54, 1.807) is 7.05 Å². The zero-order valence-corrected chi connectivity index (χ0v) is 12.4. The van der Waals surface area contributed by atoms with E-state index in [0.717, 1.165) is 6.42 Å². The predicted octanol–water partition coefficient (Wildman–Crippen LogP) is 0.343. The van der Waals surface area contributed by atoms with Crippen molar-refractivity contribution in [1.29, 1.82) is 0 Å². The van der Waals surface area contributed by atoms with Gasteiger partial charge in [0.05, 0.1) is 12.9 Å². The molecule has 0 saturated carbocycles. The number of nitrogen functional groups attached to an aromatic ring is 1. The number of hydrogen-bond acceptors (Lipinski definition) is 5. The minimum Gasteiger partial charge on any atom is -0.381 e. The third kappa shape index (κ3) is 4.81. The molecular formula is C11H22N4O3S. The summed E-state index contributed by atoms with van der Waals surface area (Å²) in [6.45, 7) is 5.40. The number of sulfonamides is 1. The third-order valence-corrected chi connectivity index (χ3v) is 4.13. The van der Waals surface area contributed by atoms with Crippen LogP contribution in [-0.4, -0.2) is 37.7 Å². The van der Waals surface area contributed by atoms with Gasteiger partial charge in [0.15, 0.2) is 10.8 Å². The summed E-state index contributed by atoms with van der Waals surface area (Å²) in [4.78, 5) is 3.75. The molecule has 0 bridgehead atoms. The minimum atomic E-state index is -3.64. The van der Waals surface area contributed by atoms with Crippen LogP contribution in [0.15, 0.2) is 11.4 Å². The van der Waals surface area contributed by atoms with Crippen molar-refractivity contribution in [1.82, 2.24) is 14.3 Å². The number of nitrogens with two attached hydrogens (primary N) is 1. The van der Waals surface area contributed by atoms with Gasteiger partial charge in [0.1, 0.15) is 0 Å². The molecule has 8 heteroatoms. The lowest BCUT2D eigenvalue weighted by atomic mass is 10.1. The zero-order valence-electron chi connectivity index (χ0n) is 11.6. The molecule has 0 aliphatic carbocycles. The van der Waals surface area contributed by atoms with Crippen LogP contribution in [0.5, 0.6) is 0 Å². The number of nitrogens with one attached hydrogen (secondary N) is 1. The summed E-state index contributed by atoms with van der Waals surface area (Å²) < 4.78 is 33.1. The van der Waals surface area contributed by atoms with Gasteiger partial charge in [-0.1, -0.05) is 13.8 Å². The monoisotopic (exact) mass is 290 g/mol. The topological polar surface area (TPSA) is 99.2 Å². The van der Waals surface area contributed by atoms with Crippen LogP contribution >= 0.6 is 0 Å². The molecule has 1 aromatic heterocycles. The van der Waals surface area contributed by atoms with Crippen molar-refractivity contribution >= 4 is 15.8 Å². The maximum absolute atomic E-state index is 12.0. The van der Waals surface area contributed by atoms with Crippen LogP contribution in [0.2, 0.25) is 0 Å². The summed E-state index contributed by atoms with van der Waals surface area (Å²) in [6, 6.07) is 0. The number of imidazole rings is 1. The number of aromatic nitrogens is 2. The maximum Gasteiger partial charge on any atom is 0.260 e. The smallest absolute Gasteiger partial charge is 0.260 e.